The van der Waals surface area contributed by atoms with Gasteiger partial charge in [-0.3, -0.25) is 14.4 Å². The van der Waals surface area contributed by atoms with E-state index in [0.29, 0.717) is 5.92 Å². The summed E-state index contributed by atoms with van der Waals surface area (Å²) in [6.45, 7) is 19.5. The molecule has 0 unspecified atom stereocenters. The maximum Gasteiger partial charge on any atom is 0.312 e. The quantitative estimate of drug-likeness (QED) is 0.199. The summed E-state index contributed by atoms with van der Waals surface area (Å²) in [7, 11) is 1.55. The summed E-state index contributed by atoms with van der Waals surface area (Å²) in [4.78, 5) is 38.2. The lowest BCUT2D eigenvalue weighted by molar-refractivity contribution is -0.251. The Morgan fingerprint density at radius 1 is 0.829 bits per heavy atom. The molecule has 0 N–H and O–H groups in total. The van der Waals surface area contributed by atoms with Gasteiger partial charge in [-0.25, -0.2) is 0 Å². The molecule has 5 rings (SSSR count). The van der Waals surface area contributed by atoms with E-state index in [1.165, 1.54) is 19.4 Å². The number of methoxy groups -OCH3 is 1. The fourth-order valence-corrected chi connectivity index (χ4v) is 11.7. The van der Waals surface area contributed by atoms with Crippen molar-refractivity contribution in [2.24, 2.45) is 50.2 Å². The molecule has 0 spiro atoms. The van der Waals surface area contributed by atoms with Crippen LogP contribution in [-0.4, -0.2) is 37.2 Å². The molecule has 5 aliphatic rings. The number of fused-ring (bicyclic) bond motifs is 7. The highest BCUT2D eigenvalue weighted by Crippen LogP contribution is 2.76. The predicted octanol–water partition coefficient (Wildman–Crippen LogP) is 7.43. The zero-order valence-corrected chi connectivity index (χ0v) is 27.3. The second-order valence-electron chi connectivity index (χ2n) is 16.6. The van der Waals surface area contributed by atoms with Crippen molar-refractivity contribution in [2.45, 2.75) is 132 Å². The normalized spacial score (nSPS) is 45.9. The van der Waals surface area contributed by atoms with Gasteiger partial charge in [-0.1, -0.05) is 60.1 Å². The van der Waals surface area contributed by atoms with Crippen LogP contribution in [0.15, 0.2) is 11.6 Å². The van der Waals surface area contributed by atoms with Gasteiger partial charge in [-0.05, 0) is 91.3 Å². The van der Waals surface area contributed by atoms with Gasteiger partial charge in [0, 0.05) is 25.2 Å². The summed E-state index contributed by atoms with van der Waals surface area (Å²) in [6, 6.07) is 0. The Hall–Kier alpha value is -1.85. The van der Waals surface area contributed by atoms with E-state index in [9.17, 15) is 14.4 Å². The van der Waals surface area contributed by atoms with Crippen LogP contribution in [0.4, 0.5) is 0 Å². The minimum Gasteiger partial charge on any atom is -0.469 e. The molecule has 6 heteroatoms. The second kappa shape index (κ2) is 9.58. The van der Waals surface area contributed by atoms with Crippen LogP contribution in [0.3, 0.4) is 0 Å². The monoisotopic (exact) mass is 570 g/mol. The molecule has 0 aromatic rings. The van der Waals surface area contributed by atoms with Crippen LogP contribution in [0, 0.1) is 50.2 Å². The first-order valence-electron chi connectivity index (χ1n) is 16.0. The topological polar surface area (TPSA) is 78.9 Å². The fraction of sp³-hybridized carbons (Fsp3) is 0.857. The first kappa shape index (κ1) is 30.6. The fourth-order valence-electron chi connectivity index (χ4n) is 11.7. The Morgan fingerprint density at radius 2 is 1.46 bits per heavy atom. The summed E-state index contributed by atoms with van der Waals surface area (Å²) < 4.78 is 17.7. The Morgan fingerprint density at radius 3 is 2.07 bits per heavy atom. The maximum atomic E-state index is 13.5. The number of rotatable bonds is 3. The van der Waals surface area contributed by atoms with Gasteiger partial charge in [0.2, 0.25) is 0 Å². The molecular formula is C35H54O6. The molecule has 0 heterocycles. The van der Waals surface area contributed by atoms with Gasteiger partial charge in [-0.2, -0.15) is 0 Å². The Bertz CT molecular complexity index is 1150. The number of esters is 3. The molecule has 0 aromatic heterocycles. The largest absolute Gasteiger partial charge is 0.469 e. The number of carbonyl (C=O) groups excluding carboxylic acids is 3. The van der Waals surface area contributed by atoms with Crippen LogP contribution in [0.2, 0.25) is 0 Å². The van der Waals surface area contributed by atoms with Gasteiger partial charge in [0.1, 0.15) is 12.2 Å². The lowest BCUT2D eigenvalue weighted by atomic mass is 9.33. The zero-order chi connectivity index (χ0) is 30.4. The summed E-state index contributed by atoms with van der Waals surface area (Å²) in [5, 5.41) is 0. The molecule has 0 amide bonds. The van der Waals surface area contributed by atoms with Gasteiger partial charge < -0.3 is 14.2 Å². The smallest absolute Gasteiger partial charge is 0.312 e. The zero-order valence-electron chi connectivity index (χ0n) is 27.3. The standard InChI is InChI=1S/C35H54O6/c1-21(36)40-25-20-34(9)26(32(7)14-13-27(41-22(2)37)31(5,6)28(25)32)12-11-23-24-19-30(3,4)15-17-35(24,29(38)39-10)18-16-33(23,34)8/h11,24-28H,12-20H2,1-10H3/t24-,25+,26+,27-,28-,32+,33+,34+,35-/m0/s1. The van der Waals surface area contributed by atoms with Gasteiger partial charge in [-0.15, -0.1) is 0 Å². The van der Waals surface area contributed by atoms with E-state index in [-0.39, 0.29) is 69.0 Å². The summed E-state index contributed by atoms with van der Waals surface area (Å²) >= 11 is 0. The van der Waals surface area contributed by atoms with Crippen molar-refractivity contribution in [3.8, 4) is 0 Å². The van der Waals surface area contributed by atoms with Crippen LogP contribution in [0.5, 0.6) is 0 Å². The highest BCUT2D eigenvalue weighted by molar-refractivity contribution is 5.78. The molecular weight excluding hydrogens is 516 g/mol. The summed E-state index contributed by atoms with van der Waals surface area (Å²) in [6.07, 6.45) is 10.2. The van der Waals surface area contributed by atoms with Gasteiger partial charge in [0.25, 0.3) is 0 Å². The Labute approximate surface area is 247 Å². The highest BCUT2D eigenvalue weighted by atomic mass is 16.6. The number of carbonyl (C=O) groups is 3. The van der Waals surface area contributed by atoms with E-state index in [1.807, 2.05) is 0 Å². The van der Waals surface area contributed by atoms with Crippen LogP contribution in [-0.2, 0) is 28.6 Å². The van der Waals surface area contributed by atoms with Crippen molar-refractivity contribution in [2.75, 3.05) is 7.11 Å². The number of ether oxygens (including phenoxy) is 3. The molecule has 0 aliphatic heterocycles. The lowest BCUT2D eigenvalue weighted by Gasteiger charge is -2.72. The molecule has 0 radical (unpaired) electrons. The molecule has 41 heavy (non-hydrogen) atoms. The van der Waals surface area contributed by atoms with Crippen LogP contribution >= 0.6 is 0 Å². The summed E-state index contributed by atoms with van der Waals surface area (Å²) in [5.41, 5.74) is 0.510. The minimum absolute atomic E-state index is 0.0350. The third-order valence-corrected chi connectivity index (χ3v) is 13.7. The van der Waals surface area contributed by atoms with Gasteiger partial charge in [0.05, 0.1) is 12.5 Å². The molecule has 5 aliphatic carbocycles. The average molecular weight is 571 g/mol. The Balaban J connectivity index is 1.63. The average Bonchev–Trinajstić information content (AvgIpc) is 2.84. The SMILES string of the molecule is COC(=O)[C@]12CCC(C)(C)C[C@H]1C1=CC[C@@H]3[C@@]4(C)CC[C@H](OC(C)=O)C(C)(C)[C@@H]4[C@H](OC(C)=O)C[C@@]3(C)[C@]1(C)CC2. The van der Waals surface area contributed by atoms with E-state index in [2.05, 4.69) is 54.5 Å². The van der Waals surface area contributed by atoms with E-state index in [0.717, 1.165) is 57.8 Å². The lowest BCUT2D eigenvalue weighted by Crippen LogP contribution is -2.69. The molecule has 0 aromatic carbocycles. The maximum absolute atomic E-state index is 13.5. The highest BCUT2D eigenvalue weighted by Gasteiger charge is 2.72. The van der Waals surface area contributed by atoms with E-state index >= 15 is 0 Å². The van der Waals surface area contributed by atoms with E-state index < -0.39 is 5.41 Å². The van der Waals surface area contributed by atoms with Crippen molar-refractivity contribution in [1.29, 1.82) is 0 Å². The summed E-state index contributed by atoms with van der Waals surface area (Å²) in [5.74, 6) is 0.0985. The minimum atomic E-state index is -0.445. The van der Waals surface area contributed by atoms with Crippen LogP contribution in [0.25, 0.3) is 0 Å². The molecule has 4 fully saturated rings. The van der Waals surface area contributed by atoms with Crippen LogP contribution < -0.4 is 0 Å². The van der Waals surface area contributed by atoms with E-state index in [4.69, 9.17) is 14.2 Å². The van der Waals surface area contributed by atoms with Crippen molar-refractivity contribution < 1.29 is 28.6 Å². The third kappa shape index (κ3) is 4.26. The Kier molecular flexibility index (Phi) is 7.15. The van der Waals surface area contributed by atoms with Crippen molar-refractivity contribution in [3.63, 3.8) is 0 Å². The van der Waals surface area contributed by atoms with Crippen molar-refractivity contribution >= 4 is 17.9 Å². The third-order valence-electron chi connectivity index (χ3n) is 13.7. The van der Waals surface area contributed by atoms with Gasteiger partial charge >= 0.3 is 17.9 Å². The first-order chi connectivity index (χ1) is 18.9. The number of hydrogen-bond donors (Lipinski definition) is 0. The number of allylic oxidation sites excluding steroid dienone is 2. The van der Waals surface area contributed by atoms with E-state index in [1.54, 1.807) is 7.11 Å². The molecule has 0 saturated heterocycles. The number of hydrogen-bond acceptors (Lipinski definition) is 6. The van der Waals surface area contributed by atoms with Gasteiger partial charge in [0.15, 0.2) is 0 Å². The molecule has 6 nitrogen and oxygen atoms in total. The first-order valence-corrected chi connectivity index (χ1v) is 16.0. The second-order valence-corrected chi connectivity index (χ2v) is 16.6. The van der Waals surface area contributed by atoms with Crippen molar-refractivity contribution in [1.82, 2.24) is 0 Å². The molecule has 0 bridgehead atoms. The predicted molar refractivity (Wildman–Crippen MR) is 158 cm³/mol. The molecule has 4 saturated carbocycles. The molecule has 230 valence electrons. The van der Waals surface area contributed by atoms with Crippen LogP contribution in [0.1, 0.15) is 120 Å². The molecule has 9 atom stereocenters. The van der Waals surface area contributed by atoms with Crippen molar-refractivity contribution in [3.05, 3.63) is 11.6 Å².